The Morgan fingerprint density at radius 1 is 1.21 bits per heavy atom. The van der Waals surface area contributed by atoms with Crippen LogP contribution in [0.3, 0.4) is 0 Å². The van der Waals surface area contributed by atoms with Crippen molar-refractivity contribution in [3.05, 3.63) is 39.4 Å². The van der Waals surface area contributed by atoms with E-state index in [0.717, 1.165) is 27.8 Å². The van der Waals surface area contributed by atoms with Gasteiger partial charge in [-0.1, -0.05) is 6.07 Å². The number of aryl methyl sites for hydroxylation is 1. The second-order valence-electron chi connectivity index (χ2n) is 10.6. The summed E-state index contributed by atoms with van der Waals surface area (Å²) in [7, 11) is 3.57. The Morgan fingerprint density at radius 3 is 2.61 bits per heavy atom. The lowest BCUT2D eigenvalue weighted by Crippen LogP contribution is -2.68. The molecule has 10 nitrogen and oxygen atoms in total. The van der Waals surface area contributed by atoms with Gasteiger partial charge in [0, 0.05) is 47.8 Å². The molecule has 38 heavy (non-hydrogen) atoms. The largest absolute Gasteiger partial charge is 0.504 e. The number of benzene rings is 2. The molecule has 0 spiro atoms. The number of nitriles is 1. The molecular weight excluding hydrogens is 488 g/mol. The molecule has 0 amide bonds. The number of nitrogens with two attached hydrogens (primary N) is 1. The smallest absolute Gasteiger partial charge is 0.308 e. The molecule has 0 aromatic heterocycles. The Labute approximate surface area is 221 Å². The summed E-state index contributed by atoms with van der Waals surface area (Å²) in [6, 6.07) is 3.20. The van der Waals surface area contributed by atoms with E-state index in [1.54, 1.807) is 7.11 Å². The van der Waals surface area contributed by atoms with Gasteiger partial charge < -0.3 is 29.8 Å². The van der Waals surface area contributed by atoms with E-state index in [4.69, 9.17) is 24.7 Å². The van der Waals surface area contributed by atoms with Gasteiger partial charge in [0.2, 0.25) is 6.79 Å². The first kappa shape index (κ1) is 24.8. The number of nitrogens with zero attached hydrogens (tertiary/aromatic N) is 3. The number of carbonyl (C=O) groups is 1. The lowest BCUT2D eigenvalue weighted by atomic mass is 9.71. The van der Waals surface area contributed by atoms with Gasteiger partial charge in [-0.2, -0.15) is 5.26 Å². The van der Waals surface area contributed by atoms with Crippen LogP contribution in [0.4, 0.5) is 0 Å². The highest BCUT2D eigenvalue weighted by molar-refractivity contribution is 5.74. The van der Waals surface area contributed by atoms with Crippen molar-refractivity contribution < 1.29 is 28.8 Å². The molecule has 2 aromatic carbocycles. The fourth-order valence-electron chi connectivity index (χ4n) is 7.34. The van der Waals surface area contributed by atoms with Crippen LogP contribution in [0, 0.1) is 25.2 Å². The van der Waals surface area contributed by atoms with Crippen LogP contribution in [0.5, 0.6) is 28.7 Å². The molecule has 4 heterocycles. The first-order valence-electron chi connectivity index (χ1n) is 12.8. The van der Waals surface area contributed by atoms with Gasteiger partial charge in [-0.25, -0.2) is 0 Å². The quantitative estimate of drug-likeness (QED) is 0.459. The maximum absolute atomic E-state index is 12.2. The van der Waals surface area contributed by atoms with Gasteiger partial charge in [-0.05, 0) is 44.9 Å². The minimum absolute atomic E-state index is 0.0585. The van der Waals surface area contributed by atoms with Crippen molar-refractivity contribution in [1.82, 2.24) is 9.80 Å². The van der Waals surface area contributed by atoms with Crippen LogP contribution in [0.15, 0.2) is 6.07 Å². The third-order valence-electron chi connectivity index (χ3n) is 8.73. The molecule has 10 heteroatoms. The van der Waals surface area contributed by atoms with Gasteiger partial charge in [-0.3, -0.25) is 14.6 Å². The topological polar surface area (TPSA) is 131 Å². The zero-order chi connectivity index (χ0) is 27.0. The predicted molar refractivity (Wildman–Crippen MR) is 137 cm³/mol. The zero-order valence-corrected chi connectivity index (χ0v) is 22.2. The summed E-state index contributed by atoms with van der Waals surface area (Å²) >= 11 is 0. The normalized spacial score (nSPS) is 27.1. The fourth-order valence-corrected chi connectivity index (χ4v) is 7.34. The monoisotopic (exact) mass is 520 g/mol. The number of fused-ring (bicyclic) bond motifs is 9. The highest BCUT2D eigenvalue weighted by Gasteiger charge is 2.56. The first-order chi connectivity index (χ1) is 18.2. The number of likely N-dealkylation sites (N-methyl/N-ethyl adjacent to an activating group) is 1. The van der Waals surface area contributed by atoms with E-state index in [1.165, 1.54) is 6.92 Å². The first-order valence-corrected chi connectivity index (χ1v) is 12.8. The molecule has 6 rings (SSSR count). The van der Waals surface area contributed by atoms with Crippen molar-refractivity contribution >= 4 is 5.97 Å². The highest BCUT2D eigenvalue weighted by Crippen LogP contribution is 2.58. The van der Waals surface area contributed by atoms with Crippen LogP contribution in [0.2, 0.25) is 0 Å². The van der Waals surface area contributed by atoms with Crippen LogP contribution in [0.25, 0.3) is 0 Å². The third-order valence-corrected chi connectivity index (χ3v) is 8.73. The Morgan fingerprint density at radius 2 is 1.95 bits per heavy atom. The second-order valence-corrected chi connectivity index (χ2v) is 10.6. The average Bonchev–Trinajstić information content (AvgIpc) is 3.36. The predicted octanol–water partition coefficient (Wildman–Crippen LogP) is 2.40. The van der Waals surface area contributed by atoms with Gasteiger partial charge in [0.05, 0.1) is 25.3 Å². The maximum Gasteiger partial charge on any atom is 0.308 e. The number of ether oxygens (including phenoxy) is 4. The van der Waals surface area contributed by atoms with E-state index in [2.05, 4.69) is 21.9 Å². The molecule has 4 aliphatic rings. The van der Waals surface area contributed by atoms with E-state index in [-0.39, 0.29) is 43.3 Å². The number of phenolic OH excluding ortho intramolecular Hbond substituents is 1. The van der Waals surface area contributed by atoms with Crippen LogP contribution >= 0.6 is 0 Å². The molecule has 4 aliphatic heterocycles. The van der Waals surface area contributed by atoms with Crippen molar-refractivity contribution in [2.75, 3.05) is 27.5 Å². The summed E-state index contributed by atoms with van der Waals surface area (Å²) in [5.74, 6) is 1.75. The number of methoxy groups -OCH3 is 1. The highest BCUT2D eigenvalue weighted by atomic mass is 16.7. The summed E-state index contributed by atoms with van der Waals surface area (Å²) in [5.41, 5.74) is 11.5. The number of carbonyl (C=O) groups excluding carboxylic acids is 1. The molecule has 0 aliphatic carbocycles. The molecule has 2 aromatic rings. The summed E-state index contributed by atoms with van der Waals surface area (Å²) in [6.07, 6.45) is 1.07. The maximum atomic E-state index is 12.2. The Balaban J connectivity index is 1.62. The van der Waals surface area contributed by atoms with Gasteiger partial charge in [0.25, 0.3) is 0 Å². The zero-order valence-electron chi connectivity index (χ0n) is 22.2. The summed E-state index contributed by atoms with van der Waals surface area (Å²) in [4.78, 5) is 16.6. The van der Waals surface area contributed by atoms with Gasteiger partial charge in [0.1, 0.15) is 11.8 Å². The third kappa shape index (κ3) is 3.19. The van der Waals surface area contributed by atoms with E-state index >= 15 is 0 Å². The minimum Gasteiger partial charge on any atom is -0.504 e. The van der Waals surface area contributed by atoms with E-state index < -0.39 is 12.0 Å². The molecule has 2 unspecified atom stereocenters. The number of aromatic hydroxyl groups is 1. The van der Waals surface area contributed by atoms with E-state index in [9.17, 15) is 15.2 Å². The molecule has 0 radical (unpaired) electrons. The van der Waals surface area contributed by atoms with E-state index in [0.29, 0.717) is 41.4 Å². The van der Waals surface area contributed by atoms with Gasteiger partial charge in [-0.15, -0.1) is 0 Å². The van der Waals surface area contributed by atoms with Crippen LogP contribution < -0.4 is 24.7 Å². The number of phenols is 1. The number of rotatable bonds is 3. The van der Waals surface area contributed by atoms with Crippen molar-refractivity contribution in [2.45, 2.75) is 63.8 Å². The Hall–Kier alpha value is -3.52. The van der Waals surface area contributed by atoms with Crippen molar-refractivity contribution in [3.63, 3.8) is 0 Å². The molecule has 2 bridgehead atoms. The summed E-state index contributed by atoms with van der Waals surface area (Å²) < 4.78 is 23.1. The molecule has 1 saturated heterocycles. The lowest BCUT2D eigenvalue weighted by Gasteiger charge is -2.59. The standard InChI is InChI=1S/C28H32N4O6/c1-12-6-15-7-17-19(9-29)32-18(23(31(17)4)21(15)24(34)25(12)35-5)8-16-22(20(32)10-30)28-27(36-11-37-28)13(2)26(16)38-14(3)33/h6,17-20,23,34H,7-8,10-11,30H2,1-5H3/t17-,18?,19+,20+,23?/m1/s1. The molecule has 3 N–H and O–H groups in total. The second kappa shape index (κ2) is 8.76. The Bertz CT molecular complexity index is 1400. The van der Waals surface area contributed by atoms with Crippen molar-refractivity contribution in [3.8, 4) is 34.8 Å². The fraction of sp³-hybridized carbons (Fsp3) is 0.500. The summed E-state index contributed by atoms with van der Waals surface area (Å²) in [6.45, 7) is 5.42. The number of esters is 1. The Kier molecular flexibility index (Phi) is 5.72. The van der Waals surface area contributed by atoms with Gasteiger partial charge >= 0.3 is 5.97 Å². The molecule has 0 saturated carbocycles. The number of piperazine rings is 1. The van der Waals surface area contributed by atoms with Crippen LogP contribution in [0.1, 0.15) is 52.4 Å². The van der Waals surface area contributed by atoms with Gasteiger partial charge in [0.15, 0.2) is 23.0 Å². The van der Waals surface area contributed by atoms with Crippen LogP contribution in [-0.2, 0) is 17.6 Å². The minimum atomic E-state index is -0.461. The van der Waals surface area contributed by atoms with Crippen molar-refractivity contribution in [2.24, 2.45) is 5.73 Å². The molecular formula is C28H32N4O6. The number of hydrogen-bond donors (Lipinski definition) is 2. The molecule has 200 valence electrons. The van der Waals surface area contributed by atoms with Crippen molar-refractivity contribution in [1.29, 1.82) is 5.26 Å². The lowest BCUT2D eigenvalue weighted by molar-refractivity contribution is -0.132. The SMILES string of the molecule is COc1c(C)cc2c(c1O)C1C3Cc4c(OC(C)=O)c(C)c5c(c4[C@H](CN)N3[C@@H](C#N)[C@@H](C2)N1C)OCO5. The molecule has 1 fully saturated rings. The summed E-state index contributed by atoms with van der Waals surface area (Å²) in [5, 5.41) is 22.0. The van der Waals surface area contributed by atoms with E-state index in [1.807, 2.05) is 20.9 Å². The van der Waals surface area contributed by atoms with Crippen LogP contribution in [-0.4, -0.2) is 66.5 Å². The number of hydrogen-bond acceptors (Lipinski definition) is 10. The average molecular weight is 521 g/mol. The molecule has 5 atom stereocenters.